The Hall–Kier alpha value is -2.31. The molecular formula is C16H12ClNO2. The van der Waals surface area contributed by atoms with Crippen molar-refractivity contribution in [2.45, 2.75) is 13.5 Å². The monoisotopic (exact) mass is 285 g/mol. The molecule has 0 unspecified atom stereocenters. The molecule has 0 N–H and O–H groups in total. The maximum atomic E-state index is 11.5. The third kappa shape index (κ3) is 3.17. The van der Waals surface area contributed by atoms with Crippen LogP contribution in [-0.4, -0.2) is 5.78 Å². The molecule has 0 aromatic heterocycles. The van der Waals surface area contributed by atoms with Crippen molar-refractivity contribution in [1.82, 2.24) is 0 Å². The van der Waals surface area contributed by atoms with Gasteiger partial charge in [-0.05, 0) is 30.7 Å². The van der Waals surface area contributed by atoms with Crippen LogP contribution < -0.4 is 4.74 Å². The topological polar surface area (TPSA) is 50.1 Å². The van der Waals surface area contributed by atoms with E-state index in [2.05, 4.69) is 0 Å². The van der Waals surface area contributed by atoms with Crippen LogP contribution in [0.15, 0.2) is 42.5 Å². The van der Waals surface area contributed by atoms with Gasteiger partial charge in [0.2, 0.25) is 0 Å². The molecule has 0 fully saturated rings. The van der Waals surface area contributed by atoms with E-state index in [9.17, 15) is 4.79 Å². The second-order valence-electron chi connectivity index (χ2n) is 4.32. The third-order valence-electron chi connectivity index (χ3n) is 2.83. The number of carbonyl (C=O) groups excluding carboxylic acids is 1. The summed E-state index contributed by atoms with van der Waals surface area (Å²) in [5, 5.41) is 9.23. The quantitative estimate of drug-likeness (QED) is 0.631. The minimum atomic E-state index is -0.570. The summed E-state index contributed by atoms with van der Waals surface area (Å²) in [7, 11) is 0. The molecular weight excluding hydrogens is 274 g/mol. The Labute approximate surface area is 122 Å². The lowest BCUT2D eigenvalue weighted by molar-refractivity contribution is 0.105. The first kappa shape index (κ1) is 14.1. The van der Waals surface area contributed by atoms with Gasteiger partial charge in [0, 0.05) is 11.1 Å². The molecule has 0 aliphatic carbocycles. The van der Waals surface area contributed by atoms with Gasteiger partial charge in [-0.3, -0.25) is 4.79 Å². The predicted molar refractivity (Wildman–Crippen MR) is 76.9 cm³/mol. The first-order valence-corrected chi connectivity index (χ1v) is 6.41. The molecule has 4 heteroatoms. The zero-order valence-corrected chi connectivity index (χ0v) is 11.6. The van der Waals surface area contributed by atoms with E-state index >= 15 is 0 Å². The van der Waals surface area contributed by atoms with Gasteiger partial charge in [0.15, 0.2) is 0 Å². The summed E-state index contributed by atoms with van der Waals surface area (Å²) in [6.07, 6.45) is 0. The lowest BCUT2D eigenvalue weighted by atomic mass is 10.1. The van der Waals surface area contributed by atoms with Crippen molar-refractivity contribution in [3.63, 3.8) is 0 Å². The molecule has 3 nitrogen and oxygen atoms in total. The van der Waals surface area contributed by atoms with E-state index in [1.54, 1.807) is 36.4 Å². The average Bonchev–Trinajstić information content (AvgIpc) is 2.46. The molecule has 2 aromatic carbocycles. The second-order valence-corrected chi connectivity index (χ2v) is 4.73. The van der Waals surface area contributed by atoms with Gasteiger partial charge >= 0.3 is 0 Å². The number of carbonyl (C=O) groups is 1. The Morgan fingerprint density at radius 1 is 1.30 bits per heavy atom. The molecule has 0 saturated heterocycles. The minimum Gasteiger partial charge on any atom is -0.487 e. The highest BCUT2D eigenvalue weighted by Crippen LogP contribution is 2.26. The Morgan fingerprint density at radius 2 is 2.05 bits per heavy atom. The molecule has 2 aromatic rings. The predicted octanol–water partition coefficient (Wildman–Crippen LogP) is 3.93. The maximum absolute atomic E-state index is 11.5. The molecule has 0 radical (unpaired) electrons. The number of Topliss-reactive ketones (excluding diaryl/α,β-unsaturated/α-hetero) is 1. The van der Waals surface area contributed by atoms with Gasteiger partial charge in [0.25, 0.3) is 5.78 Å². The molecule has 0 aliphatic heterocycles. The van der Waals surface area contributed by atoms with Crippen molar-refractivity contribution in [2.24, 2.45) is 0 Å². The van der Waals surface area contributed by atoms with Crippen LogP contribution in [0.4, 0.5) is 0 Å². The van der Waals surface area contributed by atoms with E-state index in [0.29, 0.717) is 21.9 Å². The number of rotatable bonds is 4. The molecule has 20 heavy (non-hydrogen) atoms. The molecule has 0 spiro atoms. The van der Waals surface area contributed by atoms with Crippen molar-refractivity contribution in [3.8, 4) is 11.8 Å². The van der Waals surface area contributed by atoms with Crippen molar-refractivity contribution in [1.29, 1.82) is 5.26 Å². The maximum Gasteiger partial charge on any atom is 0.262 e. The number of ether oxygens (including phenoxy) is 1. The average molecular weight is 286 g/mol. The molecule has 0 heterocycles. The fraction of sp³-hybridized carbons (Fsp3) is 0.125. The van der Waals surface area contributed by atoms with E-state index in [-0.39, 0.29) is 6.61 Å². The highest BCUT2D eigenvalue weighted by Gasteiger charge is 2.11. The van der Waals surface area contributed by atoms with Crippen LogP contribution in [0.3, 0.4) is 0 Å². The van der Waals surface area contributed by atoms with Gasteiger partial charge in [-0.1, -0.05) is 35.9 Å². The number of hydrogen-bond acceptors (Lipinski definition) is 3. The van der Waals surface area contributed by atoms with Crippen LogP contribution in [0.1, 0.15) is 21.5 Å². The second kappa shape index (κ2) is 6.23. The Bertz CT molecular complexity index is 689. The number of nitrogens with zero attached hydrogens (tertiary/aromatic N) is 1. The summed E-state index contributed by atoms with van der Waals surface area (Å²) in [6.45, 7) is 2.13. The Balaban J connectivity index is 2.19. The van der Waals surface area contributed by atoms with Gasteiger partial charge in [-0.15, -0.1) is 0 Å². The Kier molecular flexibility index (Phi) is 4.39. The van der Waals surface area contributed by atoms with Crippen LogP contribution in [0.5, 0.6) is 5.75 Å². The van der Waals surface area contributed by atoms with Gasteiger partial charge < -0.3 is 4.74 Å². The molecule has 0 saturated carbocycles. The smallest absolute Gasteiger partial charge is 0.262 e. The van der Waals surface area contributed by atoms with Crippen LogP contribution in [0.25, 0.3) is 0 Å². The van der Waals surface area contributed by atoms with Crippen molar-refractivity contribution < 1.29 is 9.53 Å². The van der Waals surface area contributed by atoms with Gasteiger partial charge in [0.1, 0.15) is 18.4 Å². The lowest BCUT2D eigenvalue weighted by Gasteiger charge is -2.10. The first-order valence-electron chi connectivity index (χ1n) is 6.03. The number of benzene rings is 2. The molecule has 0 bridgehead atoms. The number of hydrogen-bond donors (Lipinski definition) is 0. The van der Waals surface area contributed by atoms with Gasteiger partial charge in [-0.25, -0.2) is 0 Å². The minimum absolute atomic E-state index is 0.187. The fourth-order valence-corrected chi connectivity index (χ4v) is 2.10. The normalized spacial score (nSPS) is 9.85. The number of ketones is 1. The zero-order chi connectivity index (χ0) is 14.5. The van der Waals surface area contributed by atoms with E-state index in [1.165, 1.54) is 0 Å². The van der Waals surface area contributed by atoms with Crippen molar-refractivity contribution >= 4 is 17.4 Å². The standard InChI is InChI=1S/C16H12ClNO2/c1-11-6-7-16(14(17)8-11)20-10-12-4-2-3-5-13(12)15(19)9-18/h2-8H,10H2,1H3. The van der Waals surface area contributed by atoms with Crippen LogP contribution in [0.2, 0.25) is 5.02 Å². The molecule has 2 rings (SSSR count). The summed E-state index contributed by atoms with van der Waals surface area (Å²) < 4.78 is 5.62. The highest BCUT2D eigenvalue weighted by molar-refractivity contribution is 6.32. The van der Waals surface area contributed by atoms with Gasteiger partial charge in [0.05, 0.1) is 5.02 Å². The number of aryl methyl sites for hydroxylation is 1. The highest BCUT2D eigenvalue weighted by atomic mass is 35.5. The van der Waals surface area contributed by atoms with E-state index < -0.39 is 5.78 Å². The molecule has 100 valence electrons. The molecule has 0 atom stereocenters. The summed E-state index contributed by atoms with van der Waals surface area (Å²) in [5.41, 5.74) is 2.07. The van der Waals surface area contributed by atoms with E-state index in [4.69, 9.17) is 21.6 Å². The lowest BCUT2D eigenvalue weighted by Crippen LogP contribution is -2.04. The van der Waals surface area contributed by atoms with Gasteiger partial charge in [-0.2, -0.15) is 5.26 Å². The summed E-state index contributed by atoms with van der Waals surface area (Å²) in [4.78, 5) is 11.5. The molecule has 0 aliphatic rings. The summed E-state index contributed by atoms with van der Waals surface area (Å²) in [6, 6.07) is 14.0. The largest absolute Gasteiger partial charge is 0.487 e. The van der Waals surface area contributed by atoms with Crippen LogP contribution in [0, 0.1) is 18.3 Å². The molecule has 0 amide bonds. The Morgan fingerprint density at radius 3 is 2.75 bits per heavy atom. The third-order valence-corrected chi connectivity index (χ3v) is 3.13. The van der Waals surface area contributed by atoms with Crippen molar-refractivity contribution in [3.05, 3.63) is 64.2 Å². The van der Waals surface area contributed by atoms with Crippen molar-refractivity contribution in [2.75, 3.05) is 0 Å². The van der Waals surface area contributed by atoms with E-state index in [1.807, 2.05) is 19.1 Å². The summed E-state index contributed by atoms with van der Waals surface area (Å²) >= 11 is 6.08. The number of nitriles is 1. The first-order chi connectivity index (χ1) is 9.61. The van der Waals surface area contributed by atoms with E-state index in [0.717, 1.165) is 5.56 Å². The summed E-state index contributed by atoms with van der Waals surface area (Å²) in [5.74, 6) is -0.0179. The zero-order valence-electron chi connectivity index (χ0n) is 10.9. The van der Waals surface area contributed by atoms with Crippen LogP contribution in [-0.2, 0) is 6.61 Å². The number of halogens is 1. The van der Waals surface area contributed by atoms with Crippen LogP contribution >= 0.6 is 11.6 Å². The SMILES string of the molecule is Cc1ccc(OCc2ccccc2C(=O)C#N)c(Cl)c1. The fourth-order valence-electron chi connectivity index (χ4n) is 1.81.